The third-order valence-corrected chi connectivity index (χ3v) is 3.89. The highest BCUT2D eigenvalue weighted by Gasteiger charge is 2.11. The lowest BCUT2D eigenvalue weighted by atomic mass is 10.1. The van der Waals surface area contributed by atoms with Gasteiger partial charge in [-0.1, -0.05) is 12.1 Å². The van der Waals surface area contributed by atoms with Crippen molar-refractivity contribution in [3.05, 3.63) is 59.8 Å². The molecule has 6 heteroatoms. The maximum atomic E-state index is 12.3. The van der Waals surface area contributed by atoms with Crippen molar-refractivity contribution in [1.82, 2.24) is 10.4 Å². The van der Waals surface area contributed by atoms with E-state index >= 15 is 0 Å². The number of fused-ring (bicyclic) bond motifs is 1. The SMILES string of the molecule is COc1ccc2[nH]c(C(=O)N/N=C(\C)c3ccccc3OC)cc2c1. The summed E-state index contributed by atoms with van der Waals surface area (Å²) >= 11 is 0. The summed E-state index contributed by atoms with van der Waals surface area (Å²) in [5.41, 5.74) is 5.34. The Morgan fingerprint density at radius 1 is 1.08 bits per heavy atom. The number of hydrogen-bond acceptors (Lipinski definition) is 4. The van der Waals surface area contributed by atoms with Crippen LogP contribution in [-0.4, -0.2) is 30.8 Å². The number of aromatic amines is 1. The van der Waals surface area contributed by atoms with Crippen molar-refractivity contribution >= 4 is 22.5 Å². The second-order valence-corrected chi connectivity index (χ2v) is 5.47. The summed E-state index contributed by atoms with van der Waals surface area (Å²) in [4.78, 5) is 15.4. The molecule has 0 aliphatic heterocycles. The van der Waals surface area contributed by atoms with E-state index in [0.717, 1.165) is 22.2 Å². The smallest absolute Gasteiger partial charge is 0.287 e. The molecule has 3 rings (SSSR count). The van der Waals surface area contributed by atoms with E-state index in [4.69, 9.17) is 9.47 Å². The first-order valence-corrected chi connectivity index (χ1v) is 7.77. The van der Waals surface area contributed by atoms with Crippen molar-refractivity contribution in [2.75, 3.05) is 14.2 Å². The van der Waals surface area contributed by atoms with Gasteiger partial charge in [-0.3, -0.25) is 4.79 Å². The molecule has 0 aliphatic carbocycles. The highest BCUT2D eigenvalue weighted by Crippen LogP contribution is 2.21. The number of methoxy groups -OCH3 is 2. The fraction of sp³-hybridized carbons (Fsp3) is 0.158. The summed E-state index contributed by atoms with van der Waals surface area (Å²) in [7, 11) is 3.21. The van der Waals surface area contributed by atoms with Crippen LogP contribution >= 0.6 is 0 Å². The molecule has 25 heavy (non-hydrogen) atoms. The Labute approximate surface area is 145 Å². The molecule has 128 valence electrons. The van der Waals surface area contributed by atoms with E-state index in [0.29, 0.717) is 17.2 Å². The van der Waals surface area contributed by atoms with E-state index in [2.05, 4.69) is 15.5 Å². The molecule has 3 aromatic rings. The molecule has 0 saturated heterocycles. The topological polar surface area (TPSA) is 75.7 Å². The van der Waals surface area contributed by atoms with Crippen LogP contribution in [0.15, 0.2) is 53.6 Å². The van der Waals surface area contributed by atoms with Crippen LogP contribution in [0.1, 0.15) is 23.0 Å². The van der Waals surface area contributed by atoms with Crippen molar-refractivity contribution in [1.29, 1.82) is 0 Å². The number of nitrogens with zero attached hydrogens (tertiary/aromatic N) is 1. The molecule has 0 bridgehead atoms. The highest BCUT2D eigenvalue weighted by molar-refractivity contribution is 6.03. The first-order valence-electron chi connectivity index (χ1n) is 7.77. The predicted octanol–water partition coefficient (Wildman–Crippen LogP) is 3.34. The average molecular weight is 337 g/mol. The van der Waals surface area contributed by atoms with Crippen molar-refractivity contribution in [2.24, 2.45) is 5.10 Å². The maximum Gasteiger partial charge on any atom is 0.287 e. The summed E-state index contributed by atoms with van der Waals surface area (Å²) in [5.74, 6) is 1.13. The Balaban J connectivity index is 1.80. The zero-order valence-corrected chi connectivity index (χ0v) is 14.3. The number of nitrogens with one attached hydrogen (secondary N) is 2. The van der Waals surface area contributed by atoms with E-state index in [1.807, 2.05) is 49.4 Å². The molecule has 0 atom stereocenters. The van der Waals surface area contributed by atoms with Gasteiger partial charge in [0.2, 0.25) is 0 Å². The molecule has 1 amide bonds. The summed E-state index contributed by atoms with van der Waals surface area (Å²) in [6, 6.07) is 14.9. The number of aromatic nitrogens is 1. The minimum absolute atomic E-state index is 0.315. The zero-order valence-electron chi connectivity index (χ0n) is 14.3. The number of hydrazone groups is 1. The number of rotatable bonds is 5. The number of carbonyl (C=O) groups excluding carboxylic acids is 1. The van der Waals surface area contributed by atoms with Gasteiger partial charge in [0.25, 0.3) is 5.91 Å². The third kappa shape index (κ3) is 3.47. The maximum absolute atomic E-state index is 12.3. The van der Waals surface area contributed by atoms with Gasteiger partial charge in [0.05, 0.1) is 19.9 Å². The first kappa shape index (κ1) is 16.6. The molecule has 0 spiro atoms. The summed E-state index contributed by atoms with van der Waals surface area (Å²) in [6.07, 6.45) is 0. The van der Waals surface area contributed by atoms with Gasteiger partial charge >= 0.3 is 0 Å². The summed E-state index contributed by atoms with van der Waals surface area (Å²) in [6.45, 7) is 1.81. The molecule has 0 fully saturated rings. The zero-order chi connectivity index (χ0) is 17.8. The number of benzene rings is 2. The molecule has 1 aromatic heterocycles. The van der Waals surface area contributed by atoms with Crippen LogP contribution in [-0.2, 0) is 0 Å². The molecule has 0 radical (unpaired) electrons. The van der Waals surface area contributed by atoms with E-state index in [1.54, 1.807) is 20.3 Å². The Hall–Kier alpha value is -3.28. The standard InChI is InChI=1S/C19H19N3O3/c1-12(15-6-4-5-7-18(15)25-3)21-22-19(23)17-11-13-10-14(24-2)8-9-16(13)20-17/h4-11,20H,1-3H3,(H,22,23)/b21-12+. The normalized spacial score (nSPS) is 11.4. The van der Waals surface area contributed by atoms with Crippen LogP contribution < -0.4 is 14.9 Å². The van der Waals surface area contributed by atoms with E-state index in [9.17, 15) is 4.79 Å². The molecule has 6 nitrogen and oxygen atoms in total. The van der Waals surface area contributed by atoms with Crippen LogP contribution in [0, 0.1) is 0 Å². The van der Waals surface area contributed by atoms with Gasteiger partial charge < -0.3 is 14.5 Å². The molecule has 1 heterocycles. The van der Waals surface area contributed by atoms with Gasteiger partial charge in [0.15, 0.2) is 0 Å². The second kappa shape index (κ2) is 7.09. The van der Waals surface area contributed by atoms with Crippen LogP contribution in [0.5, 0.6) is 11.5 Å². The molecule has 0 saturated carbocycles. The van der Waals surface area contributed by atoms with Gasteiger partial charge in [0.1, 0.15) is 17.2 Å². The fourth-order valence-corrected chi connectivity index (χ4v) is 2.56. The highest BCUT2D eigenvalue weighted by atomic mass is 16.5. The molecular formula is C19H19N3O3. The lowest BCUT2D eigenvalue weighted by Gasteiger charge is -2.07. The number of H-pyrrole nitrogens is 1. The quantitative estimate of drug-likeness (QED) is 0.554. The Bertz CT molecular complexity index is 944. The van der Waals surface area contributed by atoms with Gasteiger partial charge in [0, 0.05) is 16.5 Å². The van der Waals surface area contributed by atoms with Gasteiger partial charge in [-0.15, -0.1) is 0 Å². The lowest BCUT2D eigenvalue weighted by molar-refractivity contribution is 0.0950. The van der Waals surface area contributed by atoms with Crippen LogP contribution in [0.4, 0.5) is 0 Å². The van der Waals surface area contributed by atoms with Gasteiger partial charge in [-0.2, -0.15) is 5.10 Å². The summed E-state index contributed by atoms with van der Waals surface area (Å²) < 4.78 is 10.5. The Morgan fingerprint density at radius 3 is 2.64 bits per heavy atom. The van der Waals surface area contributed by atoms with Gasteiger partial charge in [-0.05, 0) is 43.3 Å². The molecule has 2 N–H and O–H groups in total. The van der Waals surface area contributed by atoms with Crippen LogP contribution in [0.25, 0.3) is 10.9 Å². The molecule has 0 aliphatic rings. The Morgan fingerprint density at radius 2 is 1.88 bits per heavy atom. The van der Waals surface area contributed by atoms with Crippen molar-refractivity contribution in [2.45, 2.75) is 6.92 Å². The minimum atomic E-state index is -0.315. The van der Waals surface area contributed by atoms with Crippen LogP contribution in [0.2, 0.25) is 0 Å². The van der Waals surface area contributed by atoms with E-state index in [1.165, 1.54) is 0 Å². The first-order chi connectivity index (χ1) is 12.1. The predicted molar refractivity (Wildman–Crippen MR) is 97.5 cm³/mol. The number of hydrogen-bond donors (Lipinski definition) is 2. The van der Waals surface area contributed by atoms with Crippen molar-refractivity contribution in [3.8, 4) is 11.5 Å². The number of carbonyl (C=O) groups is 1. The van der Waals surface area contributed by atoms with Crippen molar-refractivity contribution in [3.63, 3.8) is 0 Å². The van der Waals surface area contributed by atoms with Gasteiger partial charge in [-0.25, -0.2) is 5.43 Å². The minimum Gasteiger partial charge on any atom is -0.497 e. The van der Waals surface area contributed by atoms with E-state index < -0.39 is 0 Å². The Kier molecular flexibility index (Phi) is 4.70. The fourth-order valence-electron chi connectivity index (χ4n) is 2.56. The van der Waals surface area contributed by atoms with Crippen molar-refractivity contribution < 1.29 is 14.3 Å². The summed E-state index contributed by atoms with van der Waals surface area (Å²) in [5, 5.41) is 5.07. The van der Waals surface area contributed by atoms with Crippen LogP contribution in [0.3, 0.4) is 0 Å². The third-order valence-electron chi connectivity index (χ3n) is 3.89. The molecular weight excluding hydrogens is 318 g/mol. The monoisotopic (exact) mass is 337 g/mol. The lowest BCUT2D eigenvalue weighted by Crippen LogP contribution is -2.19. The largest absolute Gasteiger partial charge is 0.497 e. The second-order valence-electron chi connectivity index (χ2n) is 5.47. The number of amides is 1. The molecule has 0 unspecified atom stereocenters. The number of ether oxygens (including phenoxy) is 2. The number of para-hydroxylation sites is 1. The van der Waals surface area contributed by atoms with E-state index in [-0.39, 0.29) is 5.91 Å². The molecule has 2 aromatic carbocycles. The average Bonchev–Trinajstić information content (AvgIpc) is 3.08.